The average Bonchev–Trinajstić information content (AvgIpc) is 2.49. The summed E-state index contributed by atoms with van der Waals surface area (Å²) in [6.45, 7) is 3.04. The first-order chi connectivity index (χ1) is 9.63. The molecule has 0 heterocycles. The normalized spacial score (nSPS) is 10.6. The molecular weight excluding hydrogens is 251 g/mol. The second-order valence-corrected chi connectivity index (χ2v) is 5.01. The van der Waals surface area contributed by atoms with Crippen molar-refractivity contribution in [2.24, 2.45) is 5.73 Å². The Balaban J connectivity index is 2.12. The van der Waals surface area contributed by atoms with Gasteiger partial charge in [-0.2, -0.15) is 0 Å². The van der Waals surface area contributed by atoms with Crippen LogP contribution >= 0.6 is 0 Å². The summed E-state index contributed by atoms with van der Waals surface area (Å²) in [6, 6.07) is 13.6. The Labute approximate surface area is 120 Å². The lowest BCUT2D eigenvalue weighted by Crippen LogP contribution is -2.17. The summed E-state index contributed by atoms with van der Waals surface area (Å²) in [5, 5.41) is 0. The van der Waals surface area contributed by atoms with Crippen LogP contribution in [0.1, 0.15) is 23.6 Å². The van der Waals surface area contributed by atoms with Crippen molar-refractivity contribution in [1.29, 1.82) is 0 Å². The van der Waals surface area contributed by atoms with Crippen LogP contribution in [0.5, 0.6) is 0 Å². The molecule has 106 valence electrons. The first-order valence-electron chi connectivity index (χ1n) is 6.91. The molecule has 0 aromatic heterocycles. The maximum Gasteiger partial charge on any atom is 0.128 e. The van der Waals surface area contributed by atoms with E-state index >= 15 is 0 Å². The minimum Gasteiger partial charge on any atom is -0.370 e. The molecule has 0 amide bonds. The van der Waals surface area contributed by atoms with Gasteiger partial charge in [-0.25, -0.2) is 4.39 Å². The molecule has 2 rings (SSSR count). The Bertz CT molecular complexity index is 564. The zero-order valence-corrected chi connectivity index (χ0v) is 12.1. The summed E-state index contributed by atoms with van der Waals surface area (Å²) in [4.78, 5) is 2.04. The summed E-state index contributed by atoms with van der Waals surface area (Å²) in [5.74, 6) is -0.190. The second-order valence-electron chi connectivity index (χ2n) is 5.01. The highest BCUT2D eigenvalue weighted by Crippen LogP contribution is 2.18. The molecule has 2 aromatic carbocycles. The average molecular weight is 272 g/mol. The third-order valence-corrected chi connectivity index (χ3v) is 3.55. The van der Waals surface area contributed by atoms with Gasteiger partial charge in [0.1, 0.15) is 5.82 Å². The van der Waals surface area contributed by atoms with E-state index in [2.05, 4.69) is 31.2 Å². The summed E-state index contributed by atoms with van der Waals surface area (Å²) in [5.41, 5.74) is 9.41. The van der Waals surface area contributed by atoms with Crippen molar-refractivity contribution in [3.8, 4) is 0 Å². The van der Waals surface area contributed by atoms with E-state index in [0.717, 1.165) is 17.7 Å². The molecule has 2 N–H and O–H groups in total. The van der Waals surface area contributed by atoms with E-state index in [1.165, 1.54) is 11.6 Å². The highest BCUT2D eigenvalue weighted by Gasteiger charge is 2.07. The predicted molar refractivity (Wildman–Crippen MR) is 82.2 cm³/mol. The second kappa shape index (κ2) is 6.53. The molecule has 2 nitrogen and oxygen atoms in total. The van der Waals surface area contributed by atoms with Crippen LogP contribution in [0.15, 0.2) is 42.5 Å². The lowest BCUT2D eigenvalue weighted by atomic mass is 10.1. The Morgan fingerprint density at radius 2 is 1.70 bits per heavy atom. The van der Waals surface area contributed by atoms with Crippen LogP contribution < -0.4 is 10.6 Å². The van der Waals surface area contributed by atoms with E-state index in [1.807, 2.05) is 24.1 Å². The predicted octanol–water partition coefficient (Wildman–Crippen LogP) is 3.48. The van der Waals surface area contributed by atoms with Crippen LogP contribution in [-0.4, -0.2) is 7.05 Å². The van der Waals surface area contributed by atoms with Crippen molar-refractivity contribution in [2.45, 2.75) is 26.4 Å². The number of hydrogen-bond donors (Lipinski definition) is 1. The molecule has 0 atom stereocenters. The summed E-state index contributed by atoms with van der Waals surface area (Å²) in [6.07, 6.45) is 1.03. The van der Waals surface area contributed by atoms with Crippen molar-refractivity contribution >= 4 is 5.69 Å². The molecule has 2 aromatic rings. The van der Waals surface area contributed by atoms with Crippen molar-refractivity contribution < 1.29 is 4.39 Å². The van der Waals surface area contributed by atoms with Gasteiger partial charge in [-0.15, -0.1) is 0 Å². The van der Waals surface area contributed by atoms with E-state index in [9.17, 15) is 4.39 Å². The van der Waals surface area contributed by atoms with Gasteiger partial charge in [0.15, 0.2) is 0 Å². The third kappa shape index (κ3) is 3.36. The number of hydrogen-bond acceptors (Lipinski definition) is 2. The minimum atomic E-state index is -0.190. The van der Waals surface area contributed by atoms with E-state index in [4.69, 9.17) is 5.73 Å². The molecule has 0 aliphatic heterocycles. The number of anilines is 1. The topological polar surface area (TPSA) is 29.3 Å². The van der Waals surface area contributed by atoms with Gasteiger partial charge in [0.2, 0.25) is 0 Å². The fourth-order valence-electron chi connectivity index (χ4n) is 2.18. The lowest BCUT2D eigenvalue weighted by Gasteiger charge is -2.20. The van der Waals surface area contributed by atoms with E-state index in [0.29, 0.717) is 18.7 Å². The van der Waals surface area contributed by atoms with Crippen molar-refractivity contribution in [1.82, 2.24) is 0 Å². The highest BCUT2D eigenvalue weighted by atomic mass is 19.1. The Hall–Kier alpha value is -1.87. The summed E-state index contributed by atoms with van der Waals surface area (Å²) in [7, 11) is 1.97. The Morgan fingerprint density at radius 1 is 1.05 bits per heavy atom. The maximum atomic E-state index is 13.9. The van der Waals surface area contributed by atoms with E-state index in [-0.39, 0.29) is 5.82 Å². The smallest absolute Gasteiger partial charge is 0.128 e. The minimum absolute atomic E-state index is 0.190. The zero-order valence-electron chi connectivity index (χ0n) is 12.1. The molecule has 0 fully saturated rings. The van der Waals surface area contributed by atoms with Crippen LogP contribution in [0.4, 0.5) is 10.1 Å². The van der Waals surface area contributed by atoms with E-state index < -0.39 is 0 Å². The summed E-state index contributed by atoms with van der Waals surface area (Å²) >= 11 is 0. The number of aryl methyl sites for hydroxylation is 1. The molecule has 0 aliphatic carbocycles. The van der Waals surface area contributed by atoms with E-state index in [1.54, 1.807) is 0 Å². The third-order valence-electron chi connectivity index (χ3n) is 3.55. The first kappa shape index (κ1) is 14.5. The Kier molecular flexibility index (Phi) is 4.74. The first-order valence-corrected chi connectivity index (χ1v) is 6.91. The largest absolute Gasteiger partial charge is 0.370 e. The zero-order chi connectivity index (χ0) is 14.5. The maximum absolute atomic E-state index is 13.9. The molecule has 0 bridgehead atoms. The number of nitrogens with zero attached hydrogens (tertiary/aromatic N) is 1. The number of halogens is 1. The Morgan fingerprint density at radius 3 is 2.25 bits per heavy atom. The monoisotopic (exact) mass is 272 g/mol. The van der Waals surface area contributed by atoms with Crippen molar-refractivity contribution in [2.75, 3.05) is 11.9 Å². The molecule has 3 heteroatoms. The fraction of sp³-hybridized carbons (Fsp3) is 0.294. The van der Waals surface area contributed by atoms with Gasteiger partial charge >= 0.3 is 0 Å². The number of benzene rings is 2. The summed E-state index contributed by atoms with van der Waals surface area (Å²) < 4.78 is 13.9. The van der Waals surface area contributed by atoms with Crippen LogP contribution in [0.25, 0.3) is 0 Å². The molecular formula is C17H21FN2. The quantitative estimate of drug-likeness (QED) is 0.903. The van der Waals surface area contributed by atoms with Gasteiger partial charge in [0, 0.05) is 31.4 Å². The molecule has 0 unspecified atom stereocenters. The SMILES string of the molecule is CCc1ccc(N(C)Cc2ccc(CN)cc2F)cc1. The van der Waals surface area contributed by atoms with Gasteiger partial charge < -0.3 is 10.6 Å². The van der Waals surface area contributed by atoms with Crippen LogP contribution in [0, 0.1) is 5.82 Å². The van der Waals surface area contributed by atoms with Gasteiger partial charge in [-0.05, 0) is 35.7 Å². The fourth-order valence-corrected chi connectivity index (χ4v) is 2.18. The molecule has 0 saturated carbocycles. The van der Waals surface area contributed by atoms with Gasteiger partial charge in [-0.1, -0.05) is 31.2 Å². The number of nitrogens with two attached hydrogens (primary N) is 1. The van der Waals surface area contributed by atoms with Gasteiger partial charge in [0.05, 0.1) is 0 Å². The van der Waals surface area contributed by atoms with Gasteiger partial charge in [0.25, 0.3) is 0 Å². The van der Waals surface area contributed by atoms with Gasteiger partial charge in [-0.3, -0.25) is 0 Å². The van der Waals surface area contributed by atoms with Crippen LogP contribution in [0.3, 0.4) is 0 Å². The van der Waals surface area contributed by atoms with Crippen LogP contribution in [0.2, 0.25) is 0 Å². The van der Waals surface area contributed by atoms with Crippen molar-refractivity contribution in [3.05, 3.63) is 65.0 Å². The van der Waals surface area contributed by atoms with Crippen molar-refractivity contribution in [3.63, 3.8) is 0 Å². The molecule has 20 heavy (non-hydrogen) atoms. The molecule has 0 saturated heterocycles. The molecule has 0 radical (unpaired) electrons. The number of rotatable bonds is 5. The molecule has 0 aliphatic rings. The lowest BCUT2D eigenvalue weighted by molar-refractivity contribution is 0.605. The molecule has 0 spiro atoms. The highest BCUT2D eigenvalue weighted by molar-refractivity contribution is 5.47. The van der Waals surface area contributed by atoms with Crippen LogP contribution in [-0.2, 0) is 19.5 Å². The standard InChI is InChI=1S/C17H21FN2/c1-3-13-5-8-16(9-6-13)20(2)12-15-7-4-14(11-19)10-17(15)18/h4-10H,3,11-12,19H2,1-2H3.